The molecule has 0 N–H and O–H groups in total. The van der Waals surface area contributed by atoms with Crippen LogP contribution in [0.25, 0.3) is 0 Å². The predicted octanol–water partition coefficient (Wildman–Crippen LogP) is 1.19. The van der Waals surface area contributed by atoms with Crippen molar-refractivity contribution in [3.8, 4) is 0 Å². The number of likely N-dealkylation sites (tertiary alicyclic amines) is 1. The largest absolute Gasteiger partial charge is 0.361 e. The second kappa shape index (κ2) is 2.66. The van der Waals surface area contributed by atoms with E-state index in [1.54, 1.807) is 0 Å². The number of rotatable bonds is 2. The van der Waals surface area contributed by atoms with Crippen LogP contribution >= 0.6 is 0 Å². The highest BCUT2D eigenvalue weighted by molar-refractivity contribution is 5.03. The molecule has 1 aromatic heterocycles. The van der Waals surface area contributed by atoms with Crippen LogP contribution in [0.4, 0.5) is 0 Å². The van der Waals surface area contributed by atoms with E-state index in [0.717, 1.165) is 18.0 Å². The van der Waals surface area contributed by atoms with Gasteiger partial charge in [-0.3, -0.25) is 4.90 Å². The van der Waals surface area contributed by atoms with Crippen LogP contribution in [-0.4, -0.2) is 23.1 Å². The molecule has 3 heteroatoms. The number of hydrogen-bond donors (Lipinski definition) is 0. The van der Waals surface area contributed by atoms with Crippen molar-refractivity contribution in [1.82, 2.24) is 10.1 Å². The molecule has 0 amide bonds. The van der Waals surface area contributed by atoms with E-state index in [1.807, 2.05) is 13.0 Å². The molecule has 0 unspecified atom stereocenters. The van der Waals surface area contributed by atoms with Crippen LogP contribution < -0.4 is 0 Å². The molecule has 11 heavy (non-hydrogen) atoms. The third-order valence-electron chi connectivity index (χ3n) is 2.01. The van der Waals surface area contributed by atoms with E-state index >= 15 is 0 Å². The topological polar surface area (TPSA) is 29.3 Å². The summed E-state index contributed by atoms with van der Waals surface area (Å²) in [5.41, 5.74) is 1.06. The standard InChI is InChI=1S/C8H12N2O/c1-7-5-8(9-11-7)6-10-3-2-4-10/h5H,2-4,6H2,1H3. The molecule has 0 aromatic carbocycles. The van der Waals surface area contributed by atoms with Crippen LogP contribution in [0.2, 0.25) is 0 Å². The average Bonchev–Trinajstić information content (AvgIpc) is 2.27. The molecular weight excluding hydrogens is 140 g/mol. The SMILES string of the molecule is Cc1cc(CN2CCC2)no1. The van der Waals surface area contributed by atoms with Crippen molar-refractivity contribution in [2.24, 2.45) is 0 Å². The first-order chi connectivity index (χ1) is 5.34. The number of aromatic nitrogens is 1. The van der Waals surface area contributed by atoms with Gasteiger partial charge in [0.05, 0.1) is 5.69 Å². The Morgan fingerprint density at radius 2 is 2.45 bits per heavy atom. The first kappa shape index (κ1) is 6.85. The minimum absolute atomic E-state index is 0.903. The fraction of sp³-hybridized carbons (Fsp3) is 0.625. The molecule has 0 radical (unpaired) electrons. The Kier molecular flexibility index (Phi) is 1.66. The van der Waals surface area contributed by atoms with Gasteiger partial charge in [0, 0.05) is 12.6 Å². The fourth-order valence-corrected chi connectivity index (χ4v) is 1.26. The summed E-state index contributed by atoms with van der Waals surface area (Å²) in [5, 5.41) is 3.92. The minimum Gasteiger partial charge on any atom is -0.361 e. The van der Waals surface area contributed by atoms with E-state index in [1.165, 1.54) is 19.5 Å². The minimum atomic E-state index is 0.903. The molecule has 1 aliphatic heterocycles. The molecule has 1 aromatic rings. The van der Waals surface area contributed by atoms with Crippen LogP contribution in [0.5, 0.6) is 0 Å². The van der Waals surface area contributed by atoms with E-state index in [-0.39, 0.29) is 0 Å². The van der Waals surface area contributed by atoms with Gasteiger partial charge in [-0.2, -0.15) is 0 Å². The van der Waals surface area contributed by atoms with Crippen LogP contribution in [0.3, 0.4) is 0 Å². The maximum Gasteiger partial charge on any atom is 0.133 e. The third-order valence-corrected chi connectivity index (χ3v) is 2.01. The average molecular weight is 152 g/mol. The lowest BCUT2D eigenvalue weighted by molar-refractivity contribution is 0.168. The summed E-state index contributed by atoms with van der Waals surface area (Å²) in [7, 11) is 0. The van der Waals surface area contributed by atoms with Gasteiger partial charge < -0.3 is 4.52 Å². The van der Waals surface area contributed by atoms with Gasteiger partial charge >= 0.3 is 0 Å². The second-order valence-electron chi connectivity index (χ2n) is 3.06. The van der Waals surface area contributed by atoms with Crippen LogP contribution in [0, 0.1) is 6.92 Å². The van der Waals surface area contributed by atoms with Crippen molar-refractivity contribution in [1.29, 1.82) is 0 Å². The van der Waals surface area contributed by atoms with Gasteiger partial charge in [-0.1, -0.05) is 5.16 Å². The summed E-state index contributed by atoms with van der Waals surface area (Å²) in [4.78, 5) is 2.36. The molecule has 3 nitrogen and oxygen atoms in total. The van der Waals surface area contributed by atoms with Gasteiger partial charge in [0.1, 0.15) is 5.76 Å². The van der Waals surface area contributed by atoms with E-state index in [2.05, 4.69) is 10.1 Å². The number of nitrogens with zero attached hydrogens (tertiary/aromatic N) is 2. The smallest absolute Gasteiger partial charge is 0.133 e. The molecule has 1 aliphatic rings. The lowest BCUT2D eigenvalue weighted by atomic mass is 10.2. The summed E-state index contributed by atoms with van der Waals surface area (Å²) in [6.07, 6.45) is 1.33. The van der Waals surface area contributed by atoms with Crippen molar-refractivity contribution < 1.29 is 4.52 Å². The lowest BCUT2D eigenvalue weighted by Crippen LogP contribution is -2.36. The molecular formula is C8H12N2O. The van der Waals surface area contributed by atoms with E-state index in [0.29, 0.717) is 0 Å². The van der Waals surface area contributed by atoms with E-state index in [9.17, 15) is 0 Å². The number of aryl methyl sites for hydroxylation is 1. The maximum atomic E-state index is 4.96. The van der Waals surface area contributed by atoms with Crippen LogP contribution in [-0.2, 0) is 6.54 Å². The Morgan fingerprint density at radius 1 is 1.64 bits per heavy atom. The molecule has 0 atom stereocenters. The summed E-state index contributed by atoms with van der Waals surface area (Å²) in [5.74, 6) is 0.903. The molecule has 1 saturated heterocycles. The fourth-order valence-electron chi connectivity index (χ4n) is 1.26. The first-order valence-corrected chi connectivity index (χ1v) is 3.99. The van der Waals surface area contributed by atoms with Crippen molar-refractivity contribution >= 4 is 0 Å². The summed E-state index contributed by atoms with van der Waals surface area (Å²) >= 11 is 0. The normalized spacial score (nSPS) is 18.3. The molecule has 0 bridgehead atoms. The first-order valence-electron chi connectivity index (χ1n) is 3.99. The van der Waals surface area contributed by atoms with Crippen LogP contribution in [0.1, 0.15) is 17.9 Å². The zero-order valence-corrected chi connectivity index (χ0v) is 6.71. The molecule has 2 rings (SSSR count). The van der Waals surface area contributed by atoms with Gasteiger partial charge in [0.25, 0.3) is 0 Å². The Morgan fingerprint density at radius 3 is 2.91 bits per heavy atom. The lowest BCUT2D eigenvalue weighted by Gasteiger charge is -2.29. The predicted molar refractivity (Wildman–Crippen MR) is 41.1 cm³/mol. The highest BCUT2D eigenvalue weighted by Crippen LogP contribution is 2.11. The van der Waals surface area contributed by atoms with Gasteiger partial charge in [-0.05, 0) is 26.4 Å². The van der Waals surface area contributed by atoms with Gasteiger partial charge in [-0.25, -0.2) is 0 Å². The second-order valence-corrected chi connectivity index (χ2v) is 3.06. The quantitative estimate of drug-likeness (QED) is 0.637. The van der Waals surface area contributed by atoms with Crippen molar-refractivity contribution in [2.45, 2.75) is 19.9 Å². The maximum absolute atomic E-state index is 4.96. The Labute approximate surface area is 66.0 Å². The zero-order valence-electron chi connectivity index (χ0n) is 6.71. The van der Waals surface area contributed by atoms with Gasteiger partial charge in [0.15, 0.2) is 0 Å². The third kappa shape index (κ3) is 1.43. The molecule has 0 aliphatic carbocycles. The molecule has 60 valence electrons. The van der Waals surface area contributed by atoms with E-state index < -0.39 is 0 Å². The Hall–Kier alpha value is -0.830. The summed E-state index contributed by atoms with van der Waals surface area (Å²) in [6.45, 7) is 5.31. The molecule has 0 saturated carbocycles. The highest BCUT2D eigenvalue weighted by atomic mass is 16.5. The van der Waals surface area contributed by atoms with Crippen molar-refractivity contribution in [3.63, 3.8) is 0 Å². The summed E-state index contributed by atoms with van der Waals surface area (Å²) in [6, 6.07) is 2.00. The summed E-state index contributed by atoms with van der Waals surface area (Å²) < 4.78 is 4.96. The zero-order chi connectivity index (χ0) is 7.68. The van der Waals surface area contributed by atoms with Gasteiger partial charge in [0.2, 0.25) is 0 Å². The van der Waals surface area contributed by atoms with Crippen LogP contribution in [0.15, 0.2) is 10.6 Å². The van der Waals surface area contributed by atoms with Gasteiger partial charge in [-0.15, -0.1) is 0 Å². The Balaban J connectivity index is 1.95. The van der Waals surface area contributed by atoms with Crippen molar-refractivity contribution in [3.05, 3.63) is 17.5 Å². The monoisotopic (exact) mass is 152 g/mol. The molecule has 2 heterocycles. The number of hydrogen-bond acceptors (Lipinski definition) is 3. The highest BCUT2D eigenvalue weighted by Gasteiger charge is 2.15. The Bertz CT molecular complexity index is 240. The van der Waals surface area contributed by atoms with E-state index in [4.69, 9.17) is 4.52 Å². The van der Waals surface area contributed by atoms with Crippen molar-refractivity contribution in [2.75, 3.05) is 13.1 Å². The molecule has 1 fully saturated rings. The molecule has 0 spiro atoms.